The Bertz CT molecular complexity index is 719. The van der Waals surface area contributed by atoms with Crippen LogP contribution in [-0.4, -0.2) is 29.8 Å². The number of nitrogens with one attached hydrogen (secondary N) is 1. The number of nitrogens with zero attached hydrogens (tertiary/aromatic N) is 2. The van der Waals surface area contributed by atoms with E-state index in [1.807, 2.05) is 25.1 Å². The first-order valence-corrected chi connectivity index (χ1v) is 7.07. The fraction of sp³-hybridized carbons (Fsp3) is 0.467. The van der Waals surface area contributed by atoms with Crippen LogP contribution in [0.1, 0.15) is 13.3 Å². The second-order valence-electron chi connectivity index (χ2n) is 5.37. The highest BCUT2D eigenvalue weighted by atomic mass is 35.5. The van der Waals surface area contributed by atoms with E-state index in [0.717, 1.165) is 18.5 Å². The molecule has 0 spiro atoms. The fourth-order valence-corrected chi connectivity index (χ4v) is 2.34. The minimum Gasteiger partial charge on any atom is -1.00 e. The van der Waals surface area contributed by atoms with Crippen LogP contribution < -0.4 is 28.6 Å². The molecule has 6 heteroatoms. The molecule has 2 rings (SSSR count). The number of likely N-dealkylation sites (N-methyl/N-ethyl adjacent to an activating group) is 1. The molecule has 0 amide bonds. The molecule has 1 N–H and O–H groups in total. The predicted molar refractivity (Wildman–Crippen MR) is 80.4 cm³/mol. The number of quaternary nitrogens is 1. The Kier molecular flexibility index (Phi) is 6.18. The van der Waals surface area contributed by atoms with Crippen LogP contribution in [0.5, 0.6) is 0 Å². The molecule has 0 saturated heterocycles. The minimum absolute atomic E-state index is 0. The molecular weight excluding hydrogens is 290 g/mol. The number of fused-ring (bicyclic) bond motifs is 1. The average Bonchev–Trinajstić information content (AvgIpc) is 2.43. The summed E-state index contributed by atoms with van der Waals surface area (Å²) < 4.78 is 3.08. The number of halogens is 1. The summed E-state index contributed by atoms with van der Waals surface area (Å²) in [6, 6.07) is 7.35. The van der Waals surface area contributed by atoms with Crippen LogP contribution in [0, 0.1) is 0 Å². The third-order valence-corrected chi connectivity index (χ3v) is 3.41. The number of hydrogen-bond acceptors (Lipinski definition) is 2. The molecule has 0 aliphatic carbocycles. The summed E-state index contributed by atoms with van der Waals surface area (Å²) in [6.07, 6.45) is 0.770. The van der Waals surface area contributed by atoms with Crippen LogP contribution in [-0.2, 0) is 13.1 Å². The standard InChI is InChI=1S/C15H21N3O2.ClH/c1-4-9-18-14(19)12-7-5-6-8-13(12)17(15(18)20)11-10-16(2)3;/h5-8H,4,9-11H2,1-3H3;1H. The number of benzene rings is 1. The van der Waals surface area contributed by atoms with Gasteiger partial charge in [0.15, 0.2) is 0 Å². The maximum atomic E-state index is 12.5. The Morgan fingerprint density at radius 3 is 2.33 bits per heavy atom. The summed E-state index contributed by atoms with van der Waals surface area (Å²) in [6.45, 7) is 3.90. The van der Waals surface area contributed by atoms with Crippen LogP contribution in [0.15, 0.2) is 33.9 Å². The summed E-state index contributed by atoms with van der Waals surface area (Å²) in [5, 5.41) is 0.620. The van der Waals surface area contributed by atoms with Gasteiger partial charge in [-0.3, -0.25) is 13.9 Å². The van der Waals surface area contributed by atoms with Crippen LogP contribution in [0.25, 0.3) is 10.9 Å². The van der Waals surface area contributed by atoms with Crippen LogP contribution in [0.3, 0.4) is 0 Å². The first-order chi connectivity index (χ1) is 9.56. The summed E-state index contributed by atoms with van der Waals surface area (Å²) in [5.41, 5.74) is 0.355. The van der Waals surface area contributed by atoms with Crippen LogP contribution in [0.2, 0.25) is 0 Å². The third-order valence-electron chi connectivity index (χ3n) is 3.41. The maximum absolute atomic E-state index is 12.5. The molecule has 0 aliphatic rings. The van der Waals surface area contributed by atoms with Gasteiger partial charge in [-0.2, -0.15) is 0 Å². The molecule has 1 heterocycles. The van der Waals surface area contributed by atoms with E-state index in [-0.39, 0.29) is 23.7 Å². The van der Waals surface area contributed by atoms with Crippen LogP contribution in [0.4, 0.5) is 0 Å². The zero-order valence-electron chi connectivity index (χ0n) is 12.7. The van der Waals surface area contributed by atoms with Crippen molar-refractivity contribution in [3.05, 3.63) is 45.1 Å². The van der Waals surface area contributed by atoms with Crippen molar-refractivity contribution < 1.29 is 17.3 Å². The van der Waals surface area contributed by atoms with Gasteiger partial charge in [0, 0.05) is 6.54 Å². The van der Waals surface area contributed by atoms with Crippen molar-refractivity contribution in [3.63, 3.8) is 0 Å². The second kappa shape index (κ2) is 7.43. The quantitative estimate of drug-likeness (QED) is 0.630. The maximum Gasteiger partial charge on any atom is 0.331 e. The van der Waals surface area contributed by atoms with E-state index < -0.39 is 0 Å². The van der Waals surface area contributed by atoms with E-state index in [1.54, 1.807) is 10.6 Å². The molecule has 1 aromatic carbocycles. The van der Waals surface area contributed by atoms with Gasteiger partial charge in [-0.25, -0.2) is 4.79 Å². The molecule has 1 aromatic heterocycles. The Morgan fingerprint density at radius 2 is 1.71 bits per heavy atom. The van der Waals surface area contributed by atoms with E-state index in [0.29, 0.717) is 18.5 Å². The molecule has 0 atom stereocenters. The highest BCUT2D eigenvalue weighted by molar-refractivity contribution is 5.77. The van der Waals surface area contributed by atoms with E-state index in [1.165, 1.54) is 9.47 Å². The molecule has 0 fully saturated rings. The van der Waals surface area contributed by atoms with Crippen molar-refractivity contribution in [3.8, 4) is 0 Å². The molecule has 116 valence electrons. The van der Waals surface area contributed by atoms with Gasteiger partial charge in [0.1, 0.15) is 0 Å². The highest BCUT2D eigenvalue weighted by Gasteiger charge is 2.12. The molecule has 0 radical (unpaired) electrons. The Morgan fingerprint density at radius 1 is 1.05 bits per heavy atom. The van der Waals surface area contributed by atoms with Gasteiger partial charge < -0.3 is 17.3 Å². The molecule has 2 aromatic rings. The number of rotatable bonds is 5. The monoisotopic (exact) mass is 311 g/mol. The molecule has 0 bridgehead atoms. The number of hydrogen-bond donors (Lipinski definition) is 1. The molecule has 0 saturated carbocycles. The zero-order chi connectivity index (χ0) is 14.7. The second-order valence-corrected chi connectivity index (χ2v) is 5.37. The molecule has 0 unspecified atom stereocenters. The van der Waals surface area contributed by atoms with Gasteiger partial charge in [-0.15, -0.1) is 0 Å². The van der Waals surface area contributed by atoms with Gasteiger partial charge in [0.25, 0.3) is 5.56 Å². The van der Waals surface area contributed by atoms with Crippen molar-refractivity contribution in [1.82, 2.24) is 9.13 Å². The van der Waals surface area contributed by atoms with Crippen molar-refractivity contribution in [2.45, 2.75) is 26.4 Å². The largest absolute Gasteiger partial charge is 1.00 e. The van der Waals surface area contributed by atoms with Crippen molar-refractivity contribution in [2.24, 2.45) is 0 Å². The highest BCUT2D eigenvalue weighted by Crippen LogP contribution is 2.07. The Balaban J connectivity index is 0.00000220. The summed E-state index contributed by atoms with van der Waals surface area (Å²) in [7, 11) is 4.10. The Hall–Kier alpha value is -1.59. The van der Waals surface area contributed by atoms with Gasteiger partial charge in [-0.1, -0.05) is 19.1 Å². The topological polar surface area (TPSA) is 48.4 Å². The summed E-state index contributed by atoms with van der Waals surface area (Å²) in [4.78, 5) is 26.2. The molecular formula is C15H22ClN3O2. The summed E-state index contributed by atoms with van der Waals surface area (Å²) >= 11 is 0. The third kappa shape index (κ3) is 3.54. The van der Waals surface area contributed by atoms with Gasteiger partial charge in [-0.05, 0) is 18.6 Å². The van der Waals surface area contributed by atoms with E-state index in [4.69, 9.17) is 0 Å². The smallest absolute Gasteiger partial charge is 0.331 e. The van der Waals surface area contributed by atoms with E-state index >= 15 is 0 Å². The molecule has 5 nitrogen and oxygen atoms in total. The lowest BCUT2D eigenvalue weighted by molar-refractivity contribution is -0.858. The zero-order valence-corrected chi connectivity index (χ0v) is 13.5. The Labute approximate surface area is 130 Å². The average molecular weight is 312 g/mol. The lowest BCUT2D eigenvalue weighted by Gasteiger charge is -2.14. The first kappa shape index (κ1) is 17.5. The summed E-state index contributed by atoms with van der Waals surface area (Å²) in [5.74, 6) is 0. The molecule has 0 aliphatic heterocycles. The van der Waals surface area contributed by atoms with Crippen LogP contribution >= 0.6 is 0 Å². The number of aromatic nitrogens is 2. The fourth-order valence-electron chi connectivity index (χ4n) is 2.34. The normalized spacial score (nSPS) is 10.9. The van der Waals surface area contributed by atoms with Crippen molar-refractivity contribution in [1.29, 1.82) is 0 Å². The van der Waals surface area contributed by atoms with Gasteiger partial charge in [0.05, 0.1) is 38.1 Å². The van der Waals surface area contributed by atoms with Gasteiger partial charge in [0.2, 0.25) is 0 Å². The van der Waals surface area contributed by atoms with E-state index in [9.17, 15) is 9.59 Å². The number of para-hydroxylation sites is 1. The van der Waals surface area contributed by atoms with Gasteiger partial charge >= 0.3 is 5.69 Å². The first-order valence-electron chi connectivity index (χ1n) is 7.07. The van der Waals surface area contributed by atoms with Crippen molar-refractivity contribution >= 4 is 10.9 Å². The molecule has 21 heavy (non-hydrogen) atoms. The SMILES string of the molecule is CCCn1c(=O)c2ccccc2n(CC[NH+](C)C)c1=O.[Cl-]. The predicted octanol–water partition coefficient (Wildman–Crippen LogP) is -3.28. The van der Waals surface area contributed by atoms with E-state index in [2.05, 4.69) is 14.1 Å². The van der Waals surface area contributed by atoms with Crippen molar-refractivity contribution in [2.75, 3.05) is 20.6 Å². The minimum atomic E-state index is -0.197. The lowest BCUT2D eigenvalue weighted by Crippen LogP contribution is -3.06. The lowest BCUT2D eigenvalue weighted by atomic mass is 10.2.